The summed E-state index contributed by atoms with van der Waals surface area (Å²) in [6, 6.07) is 11.6. The van der Waals surface area contributed by atoms with Gasteiger partial charge >= 0.3 is 5.97 Å². The van der Waals surface area contributed by atoms with E-state index >= 15 is 0 Å². The number of hydrogen-bond acceptors (Lipinski definition) is 4. The van der Waals surface area contributed by atoms with Crippen LogP contribution in [0.1, 0.15) is 10.4 Å². The van der Waals surface area contributed by atoms with Gasteiger partial charge < -0.3 is 10.1 Å². The maximum atomic E-state index is 12.0. The number of ether oxygens (including phenoxy) is 1. The Morgan fingerprint density at radius 3 is 2.24 bits per heavy atom. The van der Waals surface area contributed by atoms with Gasteiger partial charge in [-0.15, -0.1) is 0 Å². The summed E-state index contributed by atoms with van der Waals surface area (Å²) < 4.78 is 4.45. The fraction of sp³-hybridized carbons (Fsp3) is 0.0667. The molecule has 0 saturated heterocycles. The summed E-state index contributed by atoms with van der Waals surface area (Å²) in [6.07, 6.45) is 0. The molecule has 108 valence electrons. The third-order valence-electron chi connectivity index (χ3n) is 2.76. The van der Waals surface area contributed by atoms with Crippen molar-refractivity contribution in [3.05, 3.63) is 58.1 Å². The van der Waals surface area contributed by atoms with E-state index in [4.69, 9.17) is 23.2 Å². The topological polar surface area (TPSA) is 55.4 Å². The second kappa shape index (κ2) is 6.61. The summed E-state index contributed by atoms with van der Waals surface area (Å²) in [4.78, 5) is 23.4. The molecule has 21 heavy (non-hydrogen) atoms. The minimum absolute atomic E-state index is 0.181. The lowest BCUT2D eigenvalue weighted by Crippen LogP contribution is -2.17. The largest absolute Gasteiger partial charge is 0.463 e. The predicted octanol–water partition coefficient (Wildman–Crippen LogP) is 4.09. The number of anilines is 2. The van der Waals surface area contributed by atoms with Crippen LogP contribution in [0.3, 0.4) is 0 Å². The van der Waals surface area contributed by atoms with Gasteiger partial charge in [0.15, 0.2) is 0 Å². The summed E-state index contributed by atoms with van der Waals surface area (Å²) in [7, 11) is 1.15. The summed E-state index contributed by atoms with van der Waals surface area (Å²) >= 11 is 12.2. The molecule has 0 aliphatic rings. The lowest BCUT2D eigenvalue weighted by atomic mass is 10.1. The number of para-hydroxylation sites is 2. The Hall–Kier alpha value is -2.04. The Bertz CT molecular complexity index is 681. The van der Waals surface area contributed by atoms with Crippen LogP contribution in [0.2, 0.25) is 10.0 Å². The average Bonchev–Trinajstić information content (AvgIpc) is 2.50. The molecule has 0 saturated carbocycles. The number of carbonyl (C=O) groups is 2. The van der Waals surface area contributed by atoms with Crippen LogP contribution in [0.25, 0.3) is 0 Å². The Kier molecular flexibility index (Phi) is 4.83. The number of hydrogen-bond donors (Lipinski definition) is 1. The van der Waals surface area contributed by atoms with Crippen molar-refractivity contribution >= 4 is 46.3 Å². The number of rotatable bonds is 4. The molecule has 1 N–H and O–H groups in total. The number of Topliss-reactive ketones (excluding diaryl/α,β-unsaturated/α-hetero) is 1. The van der Waals surface area contributed by atoms with Gasteiger partial charge in [0.05, 0.1) is 34.1 Å². The molecule has 0 spiro atoms. The van der Waals surface area contributed by atoms with Crippen LogP contribution in [-0.2, 0) is 9.53 Å². The molecule has 0 heterocycles. The fourth-order valence-electron chi connectivity index (χ4n) is 1.74. The summed E-state index contributed by atoms with van der Waals surface area (Å²) in [6.45, 7) is 0. The number of ketones is 1. The zero-order valence-corrected chi connectivity index (χ0v) is 12.5. The molecule has 0 unspecified atom stereocenters. The van der Waals surface area contributed by atoms with Crippen LogP contribution in [-0.4, -0.2) is 18.9 Å². The molecule has 0 aliphatic carbocycles. The third-order valence-corrected chi connectivity index (χ3v) is 3.39. The Morgan fingerprint density at radius 1 is 1.00 bits per heavy atom. The number of carbonyl (C=O) groups excluding carboxylic acids is 2. The van der Waals surface area contributed by atoms with E-state index in [0.717, 1.165) is 7.11 Å². The fourth-order valence-corrected chi connectivity index (χ4v) is 2.24. The molecular formula is C15H11Cl2NO3. The van der Waals surface area contributed by atoms with Gasteiger partial charge in [0.2, 0.25) is 0 Å². The molecule has 0 atom stereocenters. The Balaban J connectivity index is 2.42. The van der Waals surface area contributed by atoms with Crippen molar-refractivity contribution < 1.29 is 14.3 Å². The second-order valence-electron chi connectivity index (χ2n) is 4.09. The van der Waals surface area contributed by atoms with E-state index in [2.05, 4.69) is 10.1 Å². The quantitative estimate of drug-likeness (QED) is 0.523. The first-order valence-corrected chi connectivity index (χ1v) is 6.73. The molecule has 2 aromatic carbocycles. The highest BCUT2D eigenvalue weighted by Gasteiger charge is 2.20. The maximum Gasteiger partial charge on any atom is 0.379 e. The molecule has 2 aromatic rings. The van der Waals surface area contributed by atoms with Gasteiger partial charge in [-0.2, -0.15) is 0 Å². The molecule has 0 amide bonds. The zero-order chi connectivity index (χ0) is 15.4. The average molecular weight is 324 g/mol. The van der Waals surface area contributed by atoms with Crippen molar-refractivity contribution in [3.63, 3.8) is 0 Å². The first-order valence-electron chi connectivity index (χ1n) is 5.97. The molecular weight excluding hydrogens is 313 g/mol. The standard InChI is InChI=1S/C15H11Cl2NO3/c1-21-15(20)14(19)9-5-2-3-8-12(9)18-13-10(16)6-4-7-11(13)17/h2-8,18H,1H3. The van der Waals surface area contributed by atoms with Crippen molar-refractivity contribution in [2.24, 2.45) is 0 Å². The minimum atomic E-state index is -0.936. The third kappa shape index (κ3) is 3.35. The molecule has 0 bridgehead atoms. The number of esters is 1. The highest BCUT2D eigenvalue weighted by Crippen LogP contribution is 2.33. The first kappa shape index (κ1) is 15.4. The summed E-state index contributed by atoms with van der Waals surface area (Å²) in [5.74, 6) is -1.68. The van der Waals surface area contributed by atoms with Crippen LogP contribution < -0.4 is 5.32 Å². The van der Waals surface area contributed by atoms with Crippen molar-refractivity contribution in [1.82, 2.24) is 0 Å². The van der Waals surface area contributed by atoms with E-state index in [9.17, 15) is 9.59 Å². The number of methoxy groups -OCH3 is 1. The van der Waals surface area contributed by atoms with Gasteiger partial charge in [0, 0.05) is 0 Å². The molecule has 6 heteroatoms. The first-order chi connectivity index (χ1) is 10.0. The lowest BCUT2D eigenvalue weighted by Gasteiger charge is -2.13. The Labute approximate surface area is 131 Å². The molecule has 0 radical (unpaired) electrons. The van der Waals surface area contributed by atoms with Gasteiger partial charge in [-0.25, -0.2) is 4.79 Å². The summed E-state index contributed by atoms with van der Waals surface area (Å²) in [5, 5.41) is 3.79. The minimum Gasteiger partial charge on any atom is -0.463 e. The van der Waals surface area contributed by atoms with Gasteiger partial charge in [0.1, 0.15) is 0 Å². The van der Waals surface area contributed by atoms with E-state index in [0.29, 0.717) is 21.4 Å². The van der Waals surface area contributed by atoms with Crippen molar-refractivity contribution in [2.75, 3.05) is 12.4 Å². The van der Waals surface area contributed by atoms with E-state index in [1.54, 1.807) is 36.4 Å². The number of benzene rings is 2. The number of halogens is 2. The van der Waals surface area contributed by atoms with E-state index < -0.39 is 11.8 Å². The van der Waals surface area contributed by atoms with Gasteiger partial charge in [-0.3, -0.25) is 4.79 Å². The second-order valence-corrected chi connectivity index (χ2v) is 4.90. The Morgan fingerprint density at radius 2 is 1.62 bits per heavy atom. The van der Waals surface area contributed by atoms with Gasteiger partial charge in [-0.05, 0) is 24.3 Å². The van der Waals surface area contributed by atoms with Crippen LogP contribution in [0.4, 0.5) is 11.4 Å². The van der Waals surface area contributed by atoms with Crippen LogP contribution in [0, 0.1) is 0 Å². The van der Waals surface area contributed by atoms with Crippen molar-refractivity contribution in [1.29, 1.82) is 0 Å². The monoisotopic (exact) mass is 323 g/mol. The van der Waals surface area contributed by atoms with E-state index in [-0.39, 0.29) is 5.56 Å². The molecule has 0 aliphatic heterocycles. The summed E-state index contributed by atoms with van der Waals surface area (Å²) in [5.41, 5.74) is 1.06. The number of nitrogens with one attached hydrogen (secondary N) is 1. The molecule has 4 nitrogen and oxygen atoms in total. The highest BCUT2D eigenvalue weighted by atomic mass is 35.5. The smallest absolute Gasteiger partial charge is 0.379 e. The molecule has 2 rings (SSSR count). The maximum absolute atomic E-state index is 12.0. The van der Waals surface area contributed by atoms with Gasteiger partial charge in [-0.1, -0.05) is 41.4 Å². The van der Waals surface area contributed by atoms with E-state index in [1.165, 1.54) is 6.07 Å². The van der Waals surface area contributed by atoms with Crippen LogP contribution >= 0.6 is 23.2 Å². The highest BCUT2D eigenvalue weighted by molar-refractivity contribution is 6.42. The normalized spacial score (nSPS) is 10.0. The van der Waals surface area contributed by atoms with Crippen LogP contribution in [0.5, 0.6) is 0 Å². The van der Waals surface area contributed by atoms with Crippen LogP contribution in [0.15, 0.2) is 42.5 Å². The van der Waals surface area contributed by atoms with Crippen molar-refractivity contribution in [3.8, 4) is 0 Å². The molecule has 0 fully saturated rings. The zero-order valence-electron chi connectivity index (χ0n) is 11.0. The van der Waals surface area contributed by atoms with E-state index in [1.807, 2.05) is 0 Å². The SMILES string of the molecule is COC(=O)C(=O)c1ccccc1Nc1c(Cl)cccc1Cl. The lowest BCUT2D eigenvalue weighted by molar-refractivity contribution is -0.135. The molecule has 0 aromatic heterocycles. The van der Waals surface area contributed by atoms with Crippen molar-refractivity contribution in [2.45, 2.75) is 0 Å². The predicted molar refractivity (Wildman–Crippen MR) is 82.5 cm³/mol. The van der Waals surface area contributed by atoms with Gasteiger partial charge in [0.25, 0.3) is 5.78 Å².